The van der Waals surface area contributed by atoms with Crippen molar-refractivity contribution in [2.24, 2.45) is 17.2 Å². The van der Waals surface area contributed by atoms with Gasteiger partial charge in [-0.1, -0.05) is 6.42 Å². The highest BCUT2D eigenvalue weighted by Gasteiger charge is 2.22. The van der Waals surface area contributed by atoms with Gasteiger partial charge in [-0.05, 0) is 45.2 Å². The molecule has 7 nitrogen and oxygen atoms in total. The van der Waals surface area contributed by atoms with Gasteiger partial charge in [0.2, 0.25) is 5.91 Å². The topological polar surface area (TPSA) is 144 Å². The van der Waals surface area contributed by atoms with Gasteiger partial charge in [0, 0.05) is 0 Å². The molecule has 0 aliphatic carbocycles. The van der Waals surface area contributed by atoms with Crippen LogP contribution in [-0.4, -0.2) is 42.2 Å². The normalized spacial score (nSPS) is 12.5. The van der Waals surface area contributed by atoms with Crippen molar-refractivity contribution in [3.63, 3.8) is 0 Å². The maximum absolute atomic E-state index is 11.7. The van der Waals surface area contributed by atoms with Crippen LogP contribution in [0.5, 0.6) is 0 Å². The Labute approximate surface area is 138 Å². The molecular weight excluding hydrogens is 319 g/mol. The SMILES string of the molecule is Cl.Cl.NCCCCC(N)C(=O)NC(CCCCN)C(=O)O. The Kier molecular flexibility index (Phi) is 19.1. The van der Waals surface area contributed by atoms with Crippen LogP contribution >= 0.6 is 24.8 Å². The van der Waals surface area contributed by atoms with Gasteiger partial charge >= 0.3 is 5.97 Å². The van der Waals surface area contributed by atoms with E-state index in [9.17, 15) is 9.59 Å². The van der Waals surface area contributed by atoms with Gasteiger partial charge in [0.25, 0.3) is 0 Å². The van der Waals surface area contributed by atoms with E-state index in [0.29, 0.717) is 32.4 Å². The fourth-order valence-electron chi connectivity index (χ4n) is 1.67. The lowest BCUT2D eigenvalue weighted by atomic mass is 10.1. The molecule has 0 saturated heterocycles. The largest absolute Gasteiger partial charge is 0.480 e. The molecule has 0 aliphatic rings. The Balaban J connectivity index is -0.00000162. The maximum Gasteiger partial charge on any atom is 0.326 e. The fourth-order valence-corrected chi connectivity index (χ4v) is 1.67. The second kappa shape index (κ2) is 15.8. The van der Waals surface area contributed by atoms with E-state index in [1.807, 2.05) is 0 Å². The molecule has 0 radical (unpaired) electrons. The molecule has 0 aliphatic heterocycles. The molecule has 0 heterocycles. The zero-order valence-electron chi connectivity index (χ0n) is 12.1. The molecule has 1 amide bonds. The van der Waals surface area contributed by atoms with E-state index in [1.165, 1.54) is 0 Å². The van der Waals surface area contributed by atoms with Crippen LogP contribution in [0.3, 0.4) is 0 Å². The molecule has 0 bridgehead atoms. The molecule has 21 heavy (non-hydrogen) atoms. The number of carbonyl (C=O) groups excluding carboxylic acids is 1. The Morgan fingerprint density at radius 1 is 0.952 bits per heavy atom. The molecule has 0 aromatic heterocycles. The number of amides is 1. The monoisotopic (exact) mass is 346 g/mol. The van der Waals surface area contributed by atoms with Gasteiger partial charge in [0.05, 0.1) is 6.04 Å². The Bertz CT molecular complexity index is 283. The van der Waals surface area contributed by atoms with Crippen LogP contribution in [0.2, 0.25) is 0 Å². The number of hydrogen-bond acceptors (Lipinski definition) is 5. The fraction of sp³-hybridized carbons (Fsp3) is 0.833. The zero-order chi connectivity index (χ0) is 14.7. The molecule has 9 heteroatoms. The van der Waals surface area contributed by atoms with Crippen LogP contribution in [-0.2, 0) is 9.59 Å². The number of carboxylic acids is 1. The lowest BCUT2D eigenvalue weighted by Gasteiger charge is -2.17. The lowest BCUT2D eigenvalue weighted by Crippen LogP contribution is -2.48. The number of aliphatic carboxylic acids is 1. The van der Waals surface area contributed by atoms with E-state index in [-0.39, 0.29) is 24.8 Å². The minimum Gasteiger partial charge on any atom is -0.480 e. The zero-order valence-corrected chi connectivity index (χ0v) is 13.8. The summed E-state index contributed by atoms with van der Waals surface area (Å²) < 4.78 is 0. The standard InChI is InChI=1S/C12H26N4O3.2ClH/c13-7-3-1-5-9(15)11(17)16-10(12(18)19)6-2-4-8-14;;/h9-10H,1-8,13-15H2,(H,16,17)(H,18,19);2*1H. The second-order valence-electron chi connectivity index (χ2n) is 4.57. The number of halogens is 2. The van der Waals surface area contributed by atoms with Crippen molar-refractivity contribution in [3.05, 3.63) is 0 Å². The van der Waals surface area contributed by atoms with Crippen molar-refractivity contribution in [2.45, 2.75) is 50.6 Å². The summed E-state index contributed by atoms with van der Waals surface area (Å²) in [7, 11) is 0. The van der Waals surface area contributed by atoms with Gasteiger partial charge < -0.3 is 27.6 Å². The predicted octanol–water partition coefficient (Wildman–Crippen LogP) is -0.0153. The van der Waals surface area contributed by atoms with E-state index in [1.54, 1.807) is 0 Å². The number of nitrogens with one attached hydrogen (secondary N) is 1. The number of unbranched alkanes of at least 4 members (excludes halogenated alkanes) is 2. The van der Waals surface area contributed by atoms with Gasteiger partial charge in [-0.25, -0.2) is 4.79 Å². The second-order valence-corrected chi connectivity index (χ2v) is 4.57. The summed E-state index contributed by atoms with van der Waals surface area (Å²) in [6.45, 7) is 1.07. The molecule has 0 fully saturated rings. The molecule has 0 aromatic carbocycles. The van der Waals surface area contributed by atoms with Crippen LogP contribution in [0.1, 0.15) is 38.5 Å². The number of nitrogens with two attached hydrogens (primary N) is 3. The molecule has 0 rings (SSSR count). The Morgan fingerprint density at radius 2 is 1.43 bits per heavy atom. The third kappa shape index (κ3) is 12.8. The van der Waals surface area contributed by atoms with Crippen LogP contribution in [0.15, 0.2) is 0 Å². The van der Waals surface area contributed by atoms with E-state index in [4.69, 9.17) is 22.3 Å². The quantitative estimate of drug-likeness (QED) is 0.332. The van der Waals surface area contributed by atoms with Crippen molar-refractivity contribution in [1.29, 1.82) is 0 Å². The summed E-state index contributed by atoms with van der Waals surface area (Å²) in [5.74, 6) is -1.46. The molecule has 2 atom stereocenters. The van der Waals surface area contributed by atoms with Gasteiger partial charge in [-0.2, -0.15) is 0 Å². The summed E-state index contributed by atoms with van der Waals surface area (Å²) in [5, 5.41) is 11.5. The van der Waals surface area contributed by atoms with Crippen molar-refractivity contribution < 1.29 is 14.7 Å². The maximum atomic E-state index is 11.7. The van der Waals surface area contributed by atoms with Crippen LogP contribution < -0.4 is 22.5 Å². The molecule has 0 aromatic rings. The highest BCUT2D eigenvalue weighted by Crippen LogP contribution is 2.03. The van der Waals surface area contributed by atoms with E-state index < -0.39 is 24.0 Å². The molecule has 0 saturated carbocycles. The molecular formula is C12H28Cl2N4O3. The highest BCUT2D eigenvalue weighted by molar-refractivity contribution is 5.86. The first-order valence-electron chi connectivity index (χ1n) is 6.71. The van der Waals surface area contributed by atoms with Crippen LogP contribution in [0.4, 0.5) is 0 Å². The number of carboxylic acid groups (broad SMARTS) is 1. The highest BCUT2D eigenvalue weighted by atomic mass is 35.5. The van der Waals surface area contributed by atoms with Crippen molar-refractivity contribution >= 4 is 36.7 Å². The van der Waals surface area contributed by atoms with Crippen molar-refractivity contribution in [2.75, 3.05) is 13.1 Å². The smallest absolute Gasteiger partial charge is 0.326 e. The predicted molar refractivity (Wildman–Crippen MR) is 87.8 cm³/mol. The third-order valence-electron chi connectivity index (χ3n) is 2.87. The minimum absolute atomic E-state index is 0. The average molecular weight is 347 g/mol. The lowest BCUT2D eigenvalue weighted by molar-refractivity contribution is -0.142. The summed E-state index contributed by atoms with van der Waals surface area (Å²) in [4.78, 5) is 22.7. The summed E-state index contributed by atoms with van der Waals surface area (Å²) in [5.41, 5.74) is 16.4. The number of rotatable bonds is 11. The number of hydrogen-bond donors (Lipinski definition) is 5. The molecule has 128 valence electrons. The van der Waals surface area contributed by atoms with Gasteiger partial charge in [-0.15, -0.1) is 24.8 Å². The summed E-state index contributed by atoms with van der Waals surface area (Å²) in [6.07, 6.45) is 3.85. The first-order valence-corrected chi connectivity index (χ1v) is 6.71. The van der Waals surface area contributed by atoms with Crippen molar-refractivity contribution in [1.82, 2.24) is 5.32 Å². The Hall–Kier alpha value is -0.600. The van der Waals surface area contributed by atoms with Gasteiger partial charge in [-0.3, -0.25) is 4.79 Å². The minimum atomic E-state index is -1.04. The summed E-state index contributed by atoms with van der Waals surface area (Å²) in [6, 6.07) is -1.57. The number of carbonyl (C=O) groups is 2. The molecule has 8 N–H and O–H groups in total. The Morgan fingerprint density at radius 3 is 1.86 bits per heavy atom. The van der Waals surface area contributed by atoms with Crippen LogP contribution in [0, 0.1) is 0 Å². The van der Waals surface area contributed by atoms with E-state index in [2.05, 4.69) is 5.32 Å². The summed E-state index contributed by atoms with van der Waals surface area (Å²) >= 11 is 0. The van der Waals surface area contributed by atoms with E-state index >= 15 is 0 Å². The van der Waals surface area contributed by atoms with E-state index in [0.717, 1.165) is 19.3 Å². The third-order valence-corrected chi connectivity index (χ3v) is 2.87. The van der Waals surface area contributed by atoms with Gasteiger partial charge in [0.15, 0.2) is 0 Å². The molecule has 2 unspecified atom stereocenters. The molecule has 0 spiro atoms. The van der Waals surface area contributed by atoms with Crippen molar-refractivity contribution in [3.8, 4) is 0 Å². The van der Waals surface area contributed by atoms with Gasteiger partial charge in [0.1, 0.15) is 6.04 Å². The first kappa shape index (κ1) is 25.4. The first-order chi connectivity index (χ1) is 9.02. The van der Waals surface area contributed by atoms with Crippen LogP contribution in [0.25, 0.3) is 0 Å². The average Bonchev–Trinajstić information content (AvgIpc) is 2.37.